The van der Waals surface area contributed by atoms with Crippen LogP contribution in [0.4, 0.5) is 5.69 Å². The lowest BCUT2D eigenvalue weighted by Gasteiger charge is -2.06. The molecule has 1 amide bonds. The lowest BCUT2D eigenvalue weighted by atomic mass is 10.2. The van der Waals surface area contributed by atoms with E-state index in [9.17, 15) is 9.59 Å². The van der Waals surface area contributed by atoms with Gasteiger partial charge in [0.25, 0.3) is 0 Å². The number of carbonyl (C=O) groups is 2. The van der Waals surface area contributed by atoms with E-state index in [1.807, 2.05) is 13.8 Å². The van der Waals surface area contributed by atoms with Crippen LogP contribution in [0.25, 0.3) is 0 Å². The van der Waals surface area contributed by atoms with E-state index in [-0.39, 0.29) is 11.7 Å². The van der Waals surface area contributed by atoms with Gasteiger partial charge in [0.2, 0.25) is 11.1 Å². The Morgan fingerprint density at radius 2 is 1.83 bits per heavy atom. The third-order valence-corrected chi connectivity index (χ3v) is 3.83. The average Bonchev–Trinajstić information content (AvgIpc) is 2.56. The van der Waals surface area contributed by atoms with Gasteiger partial charge in [0.1, 0.15) is 0 Å². The number of aryl methyl sites for hydroxylation is 2. The van der Waals surface area contributed by atoms with Crippen LogP contribution in [0.1, 0.15) is 21.7 Å². The van der Waals surface area contributed by atoms with E-state index >= 15 is 0 Å². The van der Waals surface area contributed by atoms with Gasteiger partial charge in [0, 0.05) is 5.69 Å². The molecular weight excluding hydrogens is 316 g/mol. The Balaban J connectivity index is 1.89. The first-order chi connectivity index (χ1) is 11.0. The molecule has 0 fully saturated rings. The van der Waals surface area contributed by atoms with Crippen molar-refractivity contribution in [3.8, 4) is 0 Å². The number of hydrogen-bond acceptors (Lipinski definition) is 7. The number of nitrogens with one attached hydrogen (secondary N) is 1. The minimum absolute atomic E-state index is 0.170. The summed E-state index contributed by atoms with van der Waals surface area (Å²) in [5, 5.41) is 11.1. The Morgan fingerprint density at radius 3 is 2.43 bits per heavy atom. The van der Waals surface area contributed by atoms with Crippen LogP contribution in [0, 0.1) is 13.8 Å². The van der Waals surface area contributed by atoms with Crippen molar-refractivity contribution in [1.82, 2.24) is 15.2 Å². The molecule has 0 saturated heterocycles. The first-order valence-electron chi connectivity index (χ1n) is 6.78. The maximum Gasteiger partial charge on any atom is 0.337 e. The van der Waals surface area contributed by atoms with Crippen molar-refractivity contribution in [2.24, 2.45) is 0 Å². The number of benzene rings is 1. The number of amides is 1. The molecule has 1 aromatic carbocycles. The SMILES string of the molecule is COC(=O)c1ccc(NC(=O)CSc2nnc(C)c(C)n2)cc1. The summed E-state index contributed by atoms with van der Waals surface area (Å²) in [6.45, 7) is 3.67. The number of esters is 1. The van der Waals surface area contributed by atoms with E-state index in [2.05, 4.69) is 25.2 Å². The van der Waals surface area contributed by atoms with Gasteiger partial charge in [-0.05, 0) is 38.1 Å². The van der Waals surface area contributed by atoms with Crippen LogP contribution < -0.4 is 5.32 Å². The maximum absolute atomic E-state index is 11.9. The van der Waals surface area contributed by atoms with E-state index in [4.69, 9.17) is 0 Å². The van der Waals surface area contributed by atoms with Crippen molar-refractivity contribution in [2.75, 3.05) is 18.2 Å². The molecule has 7 nitrogen and oxygen atoms in total. The second-order valence-corrected chi connectivity index (χ2v) is 5.61. The van der Waals surface area contributed by atoms with Crippen LogP contribution in [0.15, 0.2) is 29.4 Å². The summed E-state index contributed by atoms with van der Waals surface area (Å²) in [4.78, 5) is 27.5. The van der Waals surface area contributed by atoms with Gasteiger partial charge in [-0.25, -0.2) is 9.78 Å². The summed E-state index contributed by atoms with van der Waals surface area (Å²) in [6, 6.07) is 6.46. The minimum atomic E-state index is -0.419. The lowest BCUT2D eigenvalue weighted by Crippen LogP contribution is -2.14. The summed E-state index contributed by atoms with van der Waals surface area (Å²) in [5.74, 6) is -0.441. The van der Waals surface area contributed by atoms with Crippen molar-refractivity contribution in [1.29, 1.82) is 0 Å². The van der Waals surface area contributed by atoms with E-state index in [1.54, 1.807) is 24.3 Å². The van der Waals surface area contributed by atoms with Gasteiger partial charge in [-0.2, -0.15) is 5.10 Å². The zero-order valence-corrected chi connectivity index (χ0v) is 13.8. The highest BCUT2D eigenvalue weighted by molar-refractivity contribution is 7.99. The molecule has 23 heavy (non-hydrogen) atoms. The Hall–Kier alpha value is -2.48. The molecule has 8 heteroatoms. The highest BCUT2D eigenvalue weighted by atomic mass is 32.2. The summed E-state index contributed by atoms with van der Waals surface area (Å²) in [7, 11) is 1.32. The molecule has 1 heterocycles. The smallest absolute Gasteiger partial charge is 0.337 e. The number of nitrogens with zero attached hydrogens (tertiary/aromatic N) is 3. The Bertz CT molecular complexity index is 719. The van der Waals surface area contributed by atoms with Crippen molar-refractivity contribution >= 4 is 29.3 Å². The highest BCUT2D eigenvalue weighted by Crippen LogP contribution is 2.15. The molecule has 0 aliphatic rings. The number of ether oxygens (including phenoxy) is 1. The fourth-order valence-electron chi connectivity index (χ4n) is 1.63. The van der Waals surface area contributed by atoms with Crippen LogP contribution in [0.5, 0.6) is 0 Å². The molecule has 0 aliphatic carbocycles. The first-order valence-corrected chi connectivity index (χ1v) is 7.77. The molecular formula is C15H16N4O3S. The van der Waals surface area contributed by atoms with Gasteiger partial charge in [-0.1, -0.05) is 11.8 Å². The van der Waals surface area contributed by atoms with Crippen molar-refractivity contribution < 1.29 is 14.3 Å². The molecule has 1 aromatic heterocycles. The second kappa shape index (κ2) is 7.68. The van der Waals surface area contributed by atoms with Crippen LogP contribution in [-0.4, -0.2) is 39.9 Å². The minimum Gasteiger partial charge on any atom is -0.465 e. The predicted molar refractivity (Wildman–Crippen MR) is 86.4 cm³/mol. The fourth-order valence-corrected chi connectivity index (χ4v) is 2.27. The third-order valence-electron chi connectivity index (χ3n) is 2.99. The third kappa shape index (κ3) is 4.75. The molecule has 0 atom stereocenters. The first kappa shape index (κ1) is 16.9. The summed E-state index contributed by atoms with van der Waals surface area (Å²) in [6.07, 6.45) is 0. The number of methoxy groups -OCH3 is 1. The molecule has 0 aliphatic heterocycles. The number of aromatic nitrogens is 3. The Kier molecular flexibility index (Phi) is 5.64. The number of anilines is 1. The second-order valence-electron chi connectivity index (χ2n) is 4.67. The number of rotatable bonds is 5. The number of thioether (sulfide) groups is 1. The van der Waals surface area contributed by atoms with E-state index < -0.39 is 5.97 Å². The standard InChI is InChI=1S/C15H16N4O3S/c1-9-10(2)18-19-15(16-9)23-8-13(20)17-12-6-4-11(5-7-12)14(21)22-3/h4-7H,8H2,1-3H3,(H,17,20). The van der Waals surface area contributed by atoms with E-state index in [0.29, 0.717) is 16.4 Å². The van der Waals surface area contributed by atoms with Gasteiger partial charge in [0.05, 0.1) is 29.8 Å². The van der Waals surface area contributed by atoms with Crippen molar-refractivity contribution in [3.05, 3.63) is 41.2 Å². The topological polar surface area (TPSA) is 94.1 Å². The summed E-state index contributed by atoms with van der Waals surface area (Å²) >= 11 is 1.21. The molecule has 1 N–H and O–H groups in total. The molecule has 0 radical (unpaired) electrons. The van der Waals surface area contributed by atoms with Gasteiger partial charge >= 0.3 is 5.97 Å². The Morgan fingerprint density at radius 1 is 1.13 bits per heavy atom. The largest absolute Gasteiger partial charge is 0.465 e. The Labute approximate surface area is 137 Å². The van der Waals surface area contributed by atoms with Gasteiger partial charge in [0.15, 0.2) is 0 Å². The van der Waals surface area contributed by atoms with E-state index in [1.165, 1.54) is 18.9 Å². The van der Waals surface area contributed by atoms with Crippen LogP contribution in [0.2, 0.25) is 0 Å². The van der Waals surface area contributed by atoms with Gasteiger partial charge < -0.3 is 10.1 Å². The molecule has 0 spiro atoms. The van der Waals surface area contributed by atoms with E-state index in [0.717, 1.165) is 11.4 Å². The summed E-state index contributed by atoms with van der Waals surface area (Å²) in [5.41, 5.74) is 2.59. The molecule has 0 unspecified atom stereocenters. The monoisotopic (exact) mass is 332 g/mol. The van der Waals surface area contributed by atoms with Gasteiger partial charge in [-0.15, -0.1) is 5.10 Å². The van der Waals surface area contributed by atoms with Crippen molar-refractivity contribution in [3.63, 3.8) is 0 Å². The van der Waals surface area contributed by atoms with Crippen LogP contribution in [0.3, 0.4) is 0 Å². The summed E-state index contributed by atoms with van der Waals surface area (Å²) < 4.78 is 4.61. The zero-order valence-electron chi connectivity index (χ0n) is 13.0. The quantitative estimate of drug-likeness (QED) is 0.661. The predicted octanol–water partition coefficient (Wildman–Crippen LogP) is 2.01. The molecule has 2 rings (SSSR count). The fraction of sp³-hybridized carbons (Fsp3) is 0.267. The molecule has 2 aromatic rings. The number of carbonyl (C=O) groups excluding carboxylic acids is 2. The average molecular weight is 332 g/mol. The lowest BCUT2D eigenvalue weighted by molar-refractivity contribution is -0.113. The normalized spacial score (nSPS) is 10.2. The zero-order chi connectivity index (χ0) is 16.8. The molecule has 120 valence electrons. The van der Waals surface area contributed by atoms with Crippen molar-refractivity contribution in [2.45, 2.75) is 19.0 Å². The molecule has 0 saturated carbocycles. The van der Waals surface area contributed by atoms with Crippen LogP contribution >= 0.6 is 11.8 Å². The maximum atomic E-state index is 11.9. The van der Waals surface area contributed by atoms with Crippen LogP contribution in [-0.2, 0) is 9.53 Å². The highest BCUT2D eigenvalue weighted by Gasteiger charge is 2.09. The number of hydrogen-bond donors (Lipinski definition) is 1. The van der Waals surface area contributed by atoms with Gasteiger partial charge in [-0.3, -0.25) is 4.79 Å². The molecule has 0 bridgehead atoms.